The molecule has 30 heavy (non-hydrogen) atoms. The number of rotatable bonds is 2. The molecule has 9 heteroatoms. The monoisotopic (exact) mass is 445 g/mol. The van der Waals surface area contributed by atoms with Crippen molar-refractivity contribution in [3.8, 4) is 0 Å². The van der Waals surface area contributed by atoms with Crippen molar-refractivity contribution in [1.29, 1.82) is 0 Å². The van der Waals surface area contributed by atoms with Crippen molar-refractivity contribution in [1.82, 2.24) is 19.3 Å². The lowest BCUT2D eigenvalue weighted by Gasteiger charge is -2.40. The highest BCUT2D eigenvalue weighted by molar-refractivity contribution is 6.35. The van der Waals surface area contributed by atoms with Crippen LogP contribution in [0.2, 0.25) is 10.0 Å². The lowest BCUT2D eigenvalue weighted by atomic mass is 9.93. The summed E-state index contributed by atoms with van der Waals surface area (Å²) in [6.45, 7) is 4.27. The fraction of sp³-hybridized carbons (Fsp3) is 0.381. The Kier molecular flexibility index (Phi) is 5.05. The number of aromatic nitrogens is 3. The number of amides is 1. The Morgan fingerprint density at radius 1 is 1.23 bits per heavy atom. The molecule has 2 aliphatic heterocycles. The smallest absolute Gasteiger partial charge is 0.254 e. The minimum Gasteiger partial charge on any atom is -0.365 e. The number of carbonyl (C=O) groups excluding carboxylic acids is 1. The molecule has 3 aromatic rings. The van der Waals surface area contributed by atoms with Crippen molar-refractivity contribution in [3.05, 3.63) is 58.1 Å². The molecule has 0 radical (unpaired) electrons. The molecule has 4 heterocycles. The lowest BCUT2D eigenvalue weighted by molar-refractivity contribution is -0.147. The molecule has 0 bridgehead atoms. The Labute approximate surface area is 184 Å². The van der Waals surface area contributed by atoms with Crippen LogP contribution in [0.1, 0.15) is 24.1 Å². The predicted octanol–water partition coefficient (Wildman–Crippen LogP) is 3.39. The van der Waals surface area contributed by atoms with E-state index in [1.165, 1.54) is 0 Å². The molecule has 1 aromatic carbocycles. The van der Waals surface area contributed by atoms with Crippen LogP contribution in [0.3, 0.4) is 0 Å². The van der Waals surface area contributed by atoms with E-state index in [2.05, 4.69) is 14.9 Å². The standard InChI is InChI=1S/C21H21Cl2N5O2/c1-13-20-14(8-15(22)9-16(20)23)2-4-27(13)21(29)17-12-26(6-7-30-17)19-11-25-18-10-24-3-5-28(18)19/h3,5,8-11,13,17H,2,4,6-7,12H2,1H3/t13-,17+/m0/s1. The lowest BCUT2D eigenvalue weighted by Crippen LogP contribution is -2.53. The van der Waals surface area contributed by atoms with E-state index in [-0.39, 0.29) is 11.9 Å². The highest BCUT2D eigenvalue weighted by atomic mass is 35.5. The Morgan fingerprint density at radius 2 is 2.10 bits per heavy atom. The number of hydrogen-bond acceptors (Lipinski definition) is 5. The number of fused-ring (bicyclic) bond motifs is 2. The highest BCUT2D eigenvalue weighted by Gasteiger charge is 2.36. The third kappa shape index (κ3) is 3.31. The maximum absolute atomic E-state index is 13.4. The minimum atomic E-state index is -0.541. The van der Waals surface area contributed by atoms with Crippen LogP contribution in [0, 0.1) is 0 Å². The summed E-state index contributed by atoms with van der Waals surface area (Å²) in [6, 6.07) is 3.55. The summed E-state index contributed by atoms with van der Waals surface area (Å²) in [6.07, 6.45) is 7.32. The highest BCUT2D eigenvalue weighted by Crippen LogP contribution is 2.37. The fourth-order valence-electron chi connectivity index (χ4n) is 4.46. The van der Waals surface area contributed by atoms with Crippen molar-refractivity contribution in [2.75, 3.05) is 31.1 Å². The van der Waals surface area contributed by atoms with Crippen LogP contribution in [0.25, 0.3) is 5.65 Å². The number of carbonyl (C=O) groups is 1. The van der Waals surface area contributed by atoms with Gasteiger partial charge in [-0.05, 0) is 36.6 Å². The van der Waals surface area contributed by atoms with Crippen molar-refractivity contribution in [2.24, 2.45) is 0 Å². The van der Waals surface area contributed by atoms with Gasteiger partial charge in [-0.1, -0.05) is 23.2 Å². The number of imidazole rings is 1. The summed E-state index contributed by atoms with van der Waals surface area (Å²) in [4.78, 5) is 25.9. The second kappa shape index (κ2) is 7.72. The molecule has 0 aliphatic carbocycles. The number of morpholine rings is 1. The van der Waals surface area contributed by atoms with Gasteiger partial charge in [0.2, 0.25) is 0 Å². The van der Waals surface area contributed by atoms with E-state index in [1.807, 2.05) is 34.7 Å². The van der Waals surface area contributed by atoms with Gasteiger partial charge in [0.25, 0.3) is 5.91 Å². The second-order valence-corrected chi connectivity index (χ2v) is 8.49. The van der Waals surface area contributed by atoms with Gasteiger partial charge in [0.15, 0.2) is 11.8 Å². The fourth-order valence-corrected chi connectivity index (χ4v) is 5.15. The van der Waals surface area contributed by atoms with Crippen LogP contribution >= 0.6 is 23.2 Å². The van der Waals surface area contributed by atoms with E-state index >= 15 is 0 Å². The van der Waals surface area contributed by atoms with Crippen LogP contribution in [-0.2, 0) is 16.0 Å². The van der Waals surface area contributed by atoms with Gasteiger partial charge < -0.3 is 14.5 Å². The zero-order valence-corrected chi connectivity index (χ0v) is 18.0. The van der Waals surface area contributed by atoms with Gasteiger partial charge in [-0.15, -0.1) is 0 Å². The van der Waals surface area contributed by atoms with E-state index in [0.29, 0.717) is 36.3 Å². The first-order valence-corrected chi connectivity index (χ1v) is 10.7. The molecule has 156 valence electrons. The van der Waals surface area contributed by atoms with E-state index in [4.69, 9.17) is 27.9 Å². The first kappa shape index (κ1) is 19.6. The maximum atomic E-state index is 13.4. The molecule has 0 saturated carbocycles. The molecule has 7 nitrogen and oxygen atoms in total. The average molecular weight is 446 g/mol. The Hall–Kier alpha value is -2.35. The minimum absolute atomic E-state index is 0.0145. The number of halogens is 2. The number of benzene rings is 1. The average Bonchev–Trinajstić information content (AvgIpc) is 3.17. The summed E-state index contributed by atoms with van der Waals surface area (Å²) < 4.78 is 7.87. The summed E-state index contributed by atoms with van der Waals surface area (Å²) in [5.74, 6) is 0.919. The molecular weight excluding hydrogens is 425 g/mol. The Morgan fingerprint density at radius 3 is 2.97 bits per heavy atom. The van der Waals surface area contributed by atoms with Gasteiger partial charge >= 0.3 is 0 Å². The molecule has 1 fully saturated rings. The Bertz CT molecular complexity index is 1120. The normalized spacial score (nSPS) is 21.7. The molecule has 2 aromatic heterocycles. The van der Waals surface area contributed by atoms with Crippen molar-refractivity contribution < 1.29 is 9.53 Å². The van der Waals surface area contributed by atoms with Crippen molar-refractivity contribution in [2.45, 2.75) is 25.5 Å². The predicted molar refractivity (Wildman–Crippen MR) is 115 cm³/mol. The number of hydrogen-bond donors (Lipinski definition) is 0. The Balaban J connectivity index is 1.37. The van der Waals surface area contributed by atoms with Gasteiger partial charge in [-0.2, -0.15) is 0 Å². The van der Waals surface area contributed by atoms with Gasteiger partial charge in [0, 0.05) is 35.5 Å². The zero-order valence-electron chi connectivity index (χ0n) is 16.5. The first-order valence-electron chi connectivity index (χ1n) is 9.95. The summed E-state index contributed by atoms with van der Waals surface area (Å²) >= 11 is 12.6. The summed E-state index contributed by atoms with van der Waals surface area (Å²) in [5.41, 5.74) is 2.86. The molecule has 2 atom stereocenters. The maximum Gasteiger partial charge on any atom is 0.254 e. The number of ether oxygens (including phenoxy) is 1. The van der Waals surface area contributed by atoms with E-state index < -0.39 is 6.10 Å². The van der Waals surface area contributed by atoms with E-state index in [0.717, 1.165) is 29.0 Å². The van der Waals surface area contributed by atoms with Gasteiger partial charge in [-0.3, -0.25) is 14.2 Å². The van der Waals surface area contributed by atoms with Crippen LogP contribution in [0.15, 0.2) is 36.9 Å². The topological polar surface area (TPSA) is 63.0 Å². The summed E-state index contributed by atoms with van der Waals surface area (Å²) in [5, 5.41) is 1.23. The van der Waals surface area contributed by atoms with Crippen LogP contribution in [0.4, 0.5) is 5.82 Å². The molecule has 5 rings (SSSR count). The SMILES string of the molecule is C[C@H]1c2c(Cl)cc(Cl)cc2CCN1C(=O)[C@H]1CN(c2cnc3cnccn23)CCO1. The van der Waals surface area contributed by atoms with Crippen LogP contribution in [0.5, 0.6) is 0 Å². The van der Waals surface area contributed by atoms with Crippen LogP contribution < -0.4 is 4.90 Å². The third-order valence-electron chi connectivity index (χ3n) is 5.93. The largest absolute Gasteiger partial charge is 0.365 e. The molecule has 2 aliphatic rings. The molecule has 1 amide bonds. The molecule has 0 spiro atoms. The molecular formula is C21H21Cl2N5O2. The first-order chi connectivity index (χ1) is 14.5. The molecule has 0 unspecified atom stereocenters. The quantitative estimate of drug-likeness (QED) is 0.604. The van der Waals surface area contributed by atoms with Gasteiger partial charge in [0.05, 0.1) is 31.6 Å². The van der Waals surface area contributed by atoms with Crippen molar-refractivity contribution in [3.63, 3.8) is 0 Å². The molecule has 0 N–H and O–H groups in total. The van der Waals surface area contributed by atoms with Gasteiger partial charge in [-0.25, -0.2) is 4.98 Å². The number of nitrogens with zero attached hydrogens (tertiary/aromatic N) is 5. The van der Waals surface area contributed by atoms with Crippen LogP contribution in [-0.4, -0.2) is 57.5 Å². The van der Waals surface area contributed by atoms with E-state index in [9.17, 15) is 4.79 Å². The zero-order chi connectivity index (χ0) is 20.8. The molecule has 1 saturated heterocycles. The number of anilines is 1. The summed E-state index contributed by atoms with van der Waals surface area (Å²) in [7, 11) is 0. The third-order valence-corrected chi connectivity index (χ3v) is 6.46. The van der Waals surface area contributed by atoms with Gasteiger partial charge in [0.1, 0.15) is 5.82 Å². The second-order valence-electron chi connectivity index (χ2n) is 7.64. The van der Waals surface area contributed by atoms with E-state index in [1.54, 1.807) is 18.5 Å². The van der Waals surface area contributed by atoms with Crippen molar-refractivity contribution >= 4 is 40.6 Å².